The first-order valence-corrected chi connectivity index (χ1v) is 5.70. The first kappa shape index (κ1) is 10.4. The predicted octanol–water partition coefficient (Wildman–Crippen LogP) is -0.444. The molecule has 1 heterocycles. The van der Waals surface area contributed by atoms with Crippen LogP contribution in [0.1, 0.15) is 13.3 Å². The molecule has 0 spiro atoms. The van der Waals surface area contributed by atoms with Crippen LogP contribution in [-0.4, -0.2) is 45.4 Å². The van der Waals surface area contributed by atoms with Gasteiger partial charge in [-0.3, -0.25) is 13.8 Å². The molecule has 0 unspecified atom stereocenters. The standard InChI is InChI=1S/C8H13NO3S/c1-7(10)6-8(11)9-2-4-13(12)5-3-9/h2-6H2,1H3. The summed E-state index contributed by atoms with van der Waals surface area (Å²) in [5.41, 5.74) is 0. The number of hydrogen-bond acceptors (Lipinski definition) is 3. The number of Topliss-reactive ketones (excluding diaryl/α,β-unsaturated/α-hetero) is 1. The summed E-state index contributed by atoms with van der Waals surface area (Å²) in [5, 5.41) is 0. The molecule has 1 saturated heterocycles. The third-order valence-corrected chi connectivity index (χ3v) is 3.21. The molecule has 0 aromatic carbocycles. The number of ketones is 1. The van der Waals surface area contributed by atoms with E-state index in [0.29, 0.717) is 24.6 Å². The third-order valence-electron chi connectivity index (χ3n) is 1.93. The van der Waals surface area contributed by atoms with Crippen molar-refractivity contribution in [1.29, 1.82) is 0 Å². The molecule has 5 heteroatoms. The van der Waals surface area contributed by atoms with E-state index in [9.17, 15) is 13.8 Å². The Morgan fingerprint density at radius 3 is 2.31 bits per heavy atom. The molecule has 1 aliphatic heterocycles. The number of nitrogens with zero attached hydrogens (tertiary/aromatic N) is 1. The van der Waals surface area contributed by atoms with Crippen LogP contribution in [0.2, 0.25) is 0 Å². The number of amides is 1. The van der Waals surface area contributed by atoms with Crippen LogP contribution >= 0.6 is 0 Å². The van der Waals surface area contributed by atoms with Crippen LogP contribution < -0.4 is 0 Å². The summed E-state index contributed by atoms with van der Waals surface area (Å²) in [6.07, 6.45) is -0.0212. The third kappa shape index (κ3) is 3.26. The van der Waals surface area contributed by atoms with Crippen molar-refractivity contribution in [2.45, 2.75) is 13.3 Å². The van der Waals surface area contributed by atoms with Gasteiger partial charge in [-0.25, -0.2) is 0 Å². The van der Waals surface area contributed by atoms with Crippen molar-refractivity contribution in [3.8, 4) is 0 Å². The molecule has 74 valence electrons. The first-order valence-electron chi connectivity index (χ1n) is 4.22. The summed E-state index contributed by atoms with van der Waals surface area (Å²) in [6, 6.07) is 0. The maximum Gasteiger partial charge on any atom is 0.230 e. The summed E-state index contributed by atoms with van der Waals surface area (Å²) >= 11 is 0. The van der Waals surface area contributed by atoms with Crippen LogP contribution in [0.4, 0.5) is 0 Å². The van der Waals surface area contributed by atoms with E-state index in [0.717, 1.165) is 0 Å². The molecule has 0 aromatic heterocycles. The minimum Gasteiger partial charge on any atom is -0.340 e. The van der Waals surface area contributed by atoms with Crippen molar-refractivity contribution >= 4 is 22.5 Å². The largest absolute Gasteiger partial charge is 0.340 e. The molecule has 0 saturated carbocycles. The highest BCUT2D eigenvalue weighted by Gasteiger charge is 2.20. The van der Waals surface area contributed by atoms with E-state index in [1.165, 1.54) is 6.92 Å². The molecule has 1 rings (SSSR count). The van der Waals surface area contributed by atoms with Crippen LogP contribution in [0.25, 0.3) is 0 Å². The number of hydrogen-bond donors (Lipinski definition) is 0. The van der Waals surface area contributed by atoms with Crippen LogP contribution in [0.15, 0.2) is 0 Å². The zero-order valence-electron chi connectivity index (χ0n) is 7.62. The Balaban J connectivity index is 2.40. The molecule has 1 aliphatic rings. The Bertz CT molecular complexity index is 242. The van der Waals surface area contributed by atoms with E-state index in [1.807, 2.05) is 0 Å². The SMILES string of the molecule is CC(=O)CC(=O)N1CCS(=O)CC1. The molecular formula is C8H13NO3S. The van der Waals surface area contributed by atoms with Crippen molar-refractivity contribution in [1.82, 2.24) is 4.90 Å². The van der Waals surface area contributed by atoms with Crippen molar-refractivity contribution < 1.29 is 13.8 Å². The Hall–Kier alpha value is -0.710. The lowest BCUT2D eigenvalue weighted by Crippen LogP contribution is -2.42. The van der Waals surface area contributed by atoms with Gasteiger partial charge in [0, 0.05) is 35.4 Å². The van der Waals surface area contributed by atoms with E-state index < -0.39 is 10.8 Å². The monoisotopic (exact) mass is 203 g/mol. The van der Waals surface area contributed by atoms with Gasteiger partial charge in [0.05, 0.1) is 6.42 Å². The fraction of sp³-hybridized carbons (Fsp3) is 0.750. The van der Waals surface area contributed by atoms with Gasteiger partial charge < -0.3 is 4.90 Å². The van der Waals surface area contributed by atoms with Gasteiger partial charge in [-0.15, -0.1) is 0 Å². The summed E-state index contributed by atoms with van der Waals surface area (Å²) in [7, 11) is -0.769. The topological polar surface area (TPSA) is 54.5 Å². The lowest BCUT2D eigenvalue weighted by molar-refractivity contribution is -0.134. The highest BCUT2D eigenvalue weighted by atomic mass is 32.2. The summed E-state index contributed by atoms with van der Waals surface area (Å²) < 4.78 is 11.0. The quantitative estimate of drug-likeness (QED) is 0.571. The van der Waals surface area contributed by atoms with Crippen LogP contribution in [-0.2, 0) is 20.4 Å². The molecule has 0 aliphatic carbocycles. The van der Waals surface area contributed by atoms with Crippen molar-refractivity contribution in [3.05, 3.63) is 0 Å². The second-order valence-electron chi connectivity index (χ2n) is 3.11. The maximum absolute atomic E-state index is 11.3. The van der Waals surface area contributed by atoms with Gasteiger partial charge in [-0.1, -0.05) is 0 Å². The predicted molar refractivity (Wildman–Crippen MR) is 49.8 cm³/mol. The first-order chi connectivity index (χ1) is 6.09. The molecule has 0 aromatic rings. The molecule has 1 fully saturated rings. The average molecular weight is 203 g/mol. The van der Waals surface area contributed by atoms with Crippen LogP contribution in [0, 0.1) is 0 Å². The fourth-order valence-corrected chi connectivity index (χ4v) is 2.26. The molecule has 0 radical (unpaired) electrons. The molecule has 0 N–H and O–H groups in total. The van der Waals surface area contributed by atoms with Gasteiger partial charge in [0.1, 0.15) is 5.78 Å². The van der Waals surface area contributed by atoms with E-state index in [4.69, 9.17) is 0 Å². The summed E-state index contributed by atoms with van der Waals surface area (Å²) in [5.74, 6) is 0.841. The second kappa shape index (κ2) is 4.50. The van der Waals surface area contributed by atoms with Crippen molar-refractivity contribution in [2.24, 2.45) is 0 Å². The molecule has 1 amide bonds. The molecule has 13 heavy (non-hydrogen) atoms. The van der Waals surface area contributed by atoms with Crippen LogP contribution in [0.5, 0.6) is 0 Å². The minimum absolute atomic E-state index is 0.0212. The van der Waals surface area contributed by atoms with Gasteiger partial charge in [-0.2, -0.15) is 0 Å². The highest BCUT2D eigenvalue weighted by Crippen LogP contribution is 2.02. The smallest absolute Gasteiger partial charge is 0.230 e. The maximum atomic E-state index is 11.3. The minimum atomic E-state index is -0.769. The lowest BCUT2D eigenvalue weighted by Gasteiger charge is -2.25. The molecule has 0 atom stereocenters. The van der Waals surface area contributed by atoms with Gasteiger partial charge in [0.15, 0.2) is 0 Å². The van der Waals surface area contributed by atoms with Gasteiger partial charge >= 0.3 is 0 Å². The number of carbonyl (C=O) groups excluding carboxylic acids is 2. The van der Waals surface area contributed by atoms with E-state index in [2.05, 4.69) is 0 Å². The zero-order chi connectivity index (χ0) is 9.84. The Kier molecular flexibility index (Phi) is 3.59. The Morgan fingerprint density at radius 2 is 1.85 bits per heavy atom. The summed E-state index contributed by atoms with van der Waals surface area (Å²) in [6.45, 7) is 2.46. The number of carbonyl (C=O) groups is 2. The summed E-state index contributed by atoms with van der Waals surface area (Å²) in [4.78, 5) is 23.6. The number of rotatable bonds is 2. The lowest BCUT2D eigenvalue weighted by atomic mass is 10.3. The van der Waals surface area contributed by atoms with Crippen LogP contribution in [0.3, 0.4) is 0 Å². The zero-order valence-corrected chi connectivity index (χ0v) is 8.43. The fourth-order valence-electron chi connectivity index (χ4n) is 1.21. The molecular weight excluding hydrogens is 190 g/mol. The normalized spacial score (nSPS) is 18.7. The van der Waals surface area contributed by atoms with Crippen molar-refractivity contribution in [3.63, 3.8) is 0 Å². The second-order valence-corrected chi connectivity index (χ2v) is 4.80. The van der Waals surface area contributed by atoms with Gasteiger partial charge in [-0.05, 0) is 6.92 Å². The van der Waals surface area contributed by atoms with Crippen molar-refractivity contribution in [2.75, 3.05) is 24.6 Å². The van der Waals surface area contributed by atoms with E-state index >= 15 is 0 Å². The average Bonchev–Trinajstić information content (AvgIpc) is 2.04. The van der Waals surface area contributed by atoms with Gasteiger partial charge in [0.2, 0.25) is 5.91 Å². The Labute approximate surface area is 79.7 Å². The highest BCUT2D eigenvalue weighted by molar-refractivity contribution is 7.85. The van der Waals surface area contributed by atoms with E-state index in [-0.39, 0.29) is 18.1 Å². The van der Waals surface area contributed by atoms with E-state index in [1.54, 1.807) is 4.90 Å². The molecule has 0 bridgehead atoms. The van der Waals surface area contributed by atoms with Gasteiger partial charge in [0.25, 0.3) is 0 Å². The molecule has 4 nitrogen and oxygen atoms in total. The Morgan fingerprint density at radius 1 is 1.31 bits per heavy atom.